The highest BCUT2D eigenvalue weighted by Gasteiger charge is 2.26. The molecule has 1 fully saturated rings. The zero-order valence-electron chi connectivity index (χ0n) is 10.5. The van der Waals surface area contributed by atoms with Crippen LogP contribution in [0.5, 0.6) is 0 Å². The van der Waals surface area contributed by atoms with Gasteiger partial charge in [-0.25, -0.2) is 0 Å². The number of rotatable bonds is 5. The largest absolute Gasteiger partial charge is 0.317 e. The molecule has 3 heteroatoms. The molecule has 1 aromatic heterocycles. The molecule has 1 heterocycles. The molecule has 17 heavy (non-hydrogen) atoms. The van der Waals surface area contributed by atoms with Crippen LogP contribution in [0.15, 0.2) is 22.8 Å². The number of nitrogens with one attached hydrogen (secondary N) is 1. The minimum Gasteiger partial charge on any atom is -0.317 e. The smallest absolute Gasteiger partial charge is 0.0413 e. The first kappa shape index (κ1) is 13.0. The van der Waals surface area contributed by atoms with Crippen LogP contribution in [0.3, 0.4) is 0 Å². The van der Waals surface area contributed by atoms with Crippen LogP contribution in [0.1, 0.15) is 31.9 Å². The lowest BCUT2D eigenvalue weighted by atomic mass is 9.91. The fourth-order valence-electron chi connectivity index (χ4n) is 2.78. The van der Waals surface area contributed by atoms with Gasteiger partial charge < -0.3 is 5.32 Å². The summed E-state index contributed by atoms with van der Waals surface area (Å²) in [6.45, 7) is 4.44. The number of pyridine rings is 1. The molecule has 2 unspecified atom stereocenters. The molecule has 1 saturated carbocycles. The Kier molecular flexibility index (Phi) is 4.99. The summed E-state index contributed by atoms with van der Waals surface area (Å²) in [6, 6.07) is 4.24. The third kappa shape index (κ3) is 3.78. The van der Waals surface area contributed by atoms with E-state index in [-0.39, 0.29) is 0 Å². The molecule has 0 radical (unpaired) electrons. The standard InChI is InChI=1S/C14H21BrN2/c1-2-16-9-12-5-3-4-11(12)8-14-7-6-13(15)10-17-14/h6-7,10-12,16H,2-5,8-9H2,1H3. The van der Waals surface area contributed by atoms with Gasteiger partial charge in [-0.1, -0.05) is 13.3 Å². The Balaban J connectivity index is 1.90. The molecule has 1 aromatic rings. The van der Waals surface area contributed by atoms with Crippen LogP contribution in [0.4, 0.5) is 0 Å². The van der Waals surface area contributed by atoms with Gasteiger partial charge in [0.15, 0.2) is 0 Å². The molecule has 1 aliphatic carbocycles. The molecule has 0 aromatic carbocycles. The molecule has 0 aliphatic heterocycles. The van der Waals surface area contributed by atoms with Crippen molar-refractivity contribution in [2.75, 3.05) is 13.1 Å². The summed E-state index contributed by atoms with van der Waals surface area (Å²) < 4.78 is 1.07. The number of hydrogen-bond donors (Lipinski definition) is 1. The van der Waals surface area contributed by atoms with E-state index in [0.29, 0.717) is 0 Å². The molecule has 0 spiro atoms. The second-order valence-electron chi connectivity index (χ2n) is 4.93. The highest BCUT2D eigenvalue weighted by atomic mass is 79.9. The Morgan fingerprint density at radius 1 is 1.35 bits per heavy atom. The summed E-state index contributed by atoms with van der Waals surface area (Å²) in [6.07, 6.45) is 7.19. The third-order valence-electron chi connectivity index (χ3n) is 3.73. The quantitative estimate of drug-likeness (QED) is 0.901. The summed E-state index contributed by atoms with van der Waals surface area (Å²) in [7, 11) is 0. The number of nitrogens with zero attached hydrogens (tertiary/aromatic N) is 1. The fourth-order valence-corrected chi connectivity index (χ4v) is 3.01. The fraction of sp³-hybridized carbons (Fsp3) is 0.643. The SMILES string of the molecule is CCNCC1CCCC1Cc1ccc(Br)cn1. The van der Waals surface area contributed by atoms with Gasteiger partial charge in [0.05, 0.1) is 0 Å². The lowest BCUT2D eigenvalue weighted by molar-refractivity contribution is 0.365. The second kappa shape index (κ2) is 6.50. The average molecular weight is 297 g/mol. The highest BCUT2D eigenvalue weighted by molar-refractivity contribution is 9.10. The zero-order valence-corrected chi connectivity index (χ0v) is 12.0. The minimum atomic E-state index is 0.822. The van der Waals surface area contributed by atoms with E-state index in [4.69, 9.17) is 0 Å². The molecular formula is C14H21BrN2. The van der Waals surface area contributed by atoms with E-state index in [1.807, 2.05) is 6.20 Å². The summed E-state index contributed by atoms with van der Waals surface area (Å²) in [5.74, 6) is 1.67. The Bertz CT molecular complexity index is 337. The first-order chi connectivity index (χ1) is 8.29. The van der Waals surface area contributed by atoms with E-state index >= 15 is 0 Å². The van der Waals surface area contributed by atoms with Gasteiger partial charge in [0, 0.05) is 16.4 Å². The van der Waals surface area contributed by atoms with Crippen molar-refractivity contribution in [3.8, 4) is 0 Å². The Morgan fingerprint density at radius 2 is 2.18 bits per heavy atom. The Morgan fingerprint density at radius 3 is 2.88 bits per heavy atom. The van der Waals surface area contributed by atoms with Crippen LogP contribution in [-0.4, -0.2) is 18.1 Å². The van der Waals surface area contributed by atoms with Gasteiger partial charge in [0.1, 0.15) is 0 Å². The lowest BCUT2D eigenvalue weighted by Gasteiger charge is -2.19. The molecule has 0 bridgehead atoms. The van der Waals surface area contributed by atoms with Crippen molar-refractivity contribution >= 4 is 15.9 Å². The van der Waals surface area contributed by atoms with Crippen molar-refractivity contribution in [1.29, 1.82) is 0 Å². The van der Waals surface area contributed by atoms with Crippen molar-refractivity contribution in [2.45, 2.75) is 32.6 Å². The number of aromatic nitrogens is 1. The molecule has 2 rings (SSSR count). The van der Waals surface area contributed by atoms with Gasteiger partial charge in [-0.2, -0.15) is 0 Å². The van der Waals surface area contributed by atoms with Crippen molar-refractivity contribution in [3.63, 3.8) is 0 Å². The number of hydrogen-bond acceptors (Lipinski definition) is 2. The topological polar surface area (TPSA) is 24.9 Å². The lowest BCUT2D eigenvalue weighted by Crippen LogP contribution is -2.26. The van der Waals surface area contributed by atoms with E-state index < -0.39 is 0 Å². The van der Waals surface area contributed by atoms with Crippen LogP contribution in [0.2, 0.25) is 0 Å². The van der Waals surface area contributed by atoms with Crippen molar-refractivity contribution in [1.82, 2.24) is 10.3 Å². The Labute approximate surface area is 112 Å². The molecular weight excluding hydrogens is 276 g/mol. The van der Waals surface area contributed by atoms with E-state index in [9.17, 15) is 0 Å². The second-order valence-corrected chi connectivity index (χ2v) is 5.85. The summed E-state index contributed by atoms with van der Waals surface area (Å²) in [4.78, 5) is 4.49. The maximum atomic E-state index is 4.49. The normalized spacial score (nSPS) is 24.1. The predicted molar refractivity (Wildman–Crippen MR) is 75.0 cm³/mol. The molecule has 2 nitrogen and oxygen atoms in total. The first-order valence-corrected chi connectivity index (χ1v) is 7.40. The maximum absolute atomic E-state index is 4.49. The van der Waals surface area contributed by atoms with Gasteiger partial charge in [-0.15, -0.1) is 0 Å². The summed E-state index contributed by atoms with van der Waals surface area (Å²) in [5.41, 5.74) is 1.24. The Hall–Kier alpha value is -0.410. The first-order valence-electron chi connectivity index (χ1n) is 6.60. The number of halogens is 1. The van der Waals surface area contributed by atoms with Crippen LogP contribution in [-0.2, 0) is 6.42 Å². The van der Waals surface area contributed by atoms with Crippen molar-refractivity contribution in [3.05, 3.63) is 28.5 Å². The van der Waals surface area contributed by atoms with Gasteiger partial charge in [-0.05, 0) is 72.3 Å². The zero-order chi connectivity index (χ0) is 12.1. The van der Waals surface area contributed by atoms with E-state index in [0.717, 1.165) is 29.3 Å². The van der Waals surface area contributed by atoms with Crippen molar-refractivity contribution in [2.24, 2.45) is 11.8 Å². The van der Waals surface area contributed by atoms with Gasteiger partial charge in [-0.3, -0.25) is 4.98 Å². The van der Waals surface area contributed by atoms with E-state index in [1.54, 1.807) is 0 Å². The molecule has 1 N–H and O–H groups in total. The van der Waals surface area contributed by atoms with Gasteiger partial charge >= 0.3 is 0 Å². The van der Waals surface area contributed by atoms with Crippen LogP contribution < -0.4 is 5.32 Å². The van der Waals surface area contributed by atoms with Crippen LogP contribution >= 0.6 is 15.9 Å². The molecule has 2 atom stereocenters. The maximum Gasteiger partial charge on any atom is 0.0413 e. The molecule has 0 saturated heterocycles. The third-order valence-corrected chi connectivity index (χ3v) is 4.20. The predicted octanol–water partition coefficient (Wildman–Crippen LogP) is 3.41. The van der Waals surface area contributed by atoms with Crippen LogP contribution in [0, 0.1) is 11.8 Å². The summed E-state index contributed by atoms with van der Waals surface area (Å²) >= 11 is 3.43. The molecule has 0 amide bonds. The monoisotopic (exact) mass is 296 g/mol. The average Bonchev–Trinajstić information content (AvgIpc) is 2.77. The highest BCUT2D eigenvalue weighted by Crippen LogP contribution is 2.33. The van der Waals surface area contributed by atoms with E-state index in [2.05, 4.69) is 45.3 Å². The summed E-state index contributed by atoms with van der Waals surface area (Å²) in [5, 5.41) is 3.49. The van der Waals surface area contributed by atoms with Gasteiger partial charge in [0.2, 0.25) is 0 Å². The van der Waals surface area contributed by atoms with Gasteiger partial charge in [0.25, 0.3) is 0 Å². The minimum absolute atomic E-state index is 0.822. The van der Waals surface area contributed by atoms with E-state index in [1.165, 1.54) is 31.5 Å². The van der Waals surface area contributed by atoms with Crippen LogP contribution in [0.25, 0.3) is 0 Å². The van der Waals surface area contributed by atoms with Crippen molar-refractivity contribution < 1.29 is 0 Å². The molecule has 94 valence electrons. The molecule has 1 aliphatic rings.